The number of amides is 3. The standard InChI is InChI=1S/C20H19N3O6/c24-18-11-14(19(25)23(18)13-3-4-15-17(10-13)29-12-28-15)21-5-7-22(8-6-21)20(26)16-2-1-9-27-16/h1-4,9-10,14H,5-8,11-12H2/p+1/t14-/m1/s1. The van der Waals surface area contributed by atoms with Crippen molar-refractivity contribution in [1.29, 1.82) is 0 Å². The Morgan fingerprint density at radius 3 is 2.62 bits per heavy atom. The molecule has 0 aliphatic carbocycles. The zero-order valence-electron chi connectivity index (χ0n) is 15.6. The summed E-state index contributed by atoms with van der Waals surface area (Å²) in [6.45, 7) is 2.36. The van der Waals surface area contributed by atoms with E-state index in [1.54, 1.807) is 35.2 Å². The number of benzene rings is 1. The number of rotatable bonds is 3. The molecule has 9 heteroatoms. The number of furan rings is 1. The maximum Gasteiger partial charge on any atom is 0.292 e. The highest BCUT2D eigenvalue weighted by atomic mass is 16.7. The van der Waals surface area contributed by atoms with E-state index in [9.17, 15) is 14.4 Å². The highest BCUT2D eigenvalue weighted by molar-refractivity contribution is 6.22. The van der Waals surface area contributed by atoms with Gasteiger partial charge in [-0.15, -0.1) is 0 Å². The Bertz CT molecular complexity index is 965. The van der Waals surface area contributed by atoms with Gasteiger partial charge in [0, 0.05) is 6.07 Å². The van der Waals surface area contributed by atoms with E-state index in [0.29, 0.717) is 49.1 Å². The fourth-order valence-corrected chi connectivity index (χ4v) is 4.15. The third-order valence-electron chi connectivity index (χ3n) is 5.68. The van der Waals surface area contributed by atoms with Crippen LogP contribution in [-0.2, 0) is 9.59 Å². The number of anilines is 1. The number of hydrogen-bond acceptors (Lipinski definition) is 6. The van der Waals surface area contributed by atoms with E-state index < -0.39 is 6.04 Å². The van der Waals surface area contributed by atoms with Crippen LogP contribution in [0.2, 0.25) is 0 Å². The van der Waals surface area contributed by atoms with Crippen LogP contribution in [0, 0.1) is 0 Å². The molecule has 29 heavy (non-hydrogen) atoms. The molecule has 0 spiro atoms. The number of nitrogens with one attached hydrogen (secondary N) is 1. The van der Waals surface area contributed by atoms with Gasteiger partial charge in [-0.3, -0.25) is 14.4 Å². The average Bonchev–Trinajstić information content (AvgIpc) is 3.47. The number of piperazine rings is 1. The van der Waals surface area contributed by atoms with Crippen molar-refractivity contribution in [1.82, 2.24) is 4.90 Å². The molecule has 3 aliphatic heterocycles. The number of quaternary nitrogens is 1. The predicted octanol–water partition coefficient (Wildman–Crippen LogP) is -0.319. The van der Waals surface area contributed by atoms with Crippen molar-refractivity contribution in [3.63, 3.8) is 0 Å². The fraction of sp³-hybridized carbons (Fsp3) is 0.350. The molecule has 9 nitrogen and oxygen atoms in total. The Labute approximate surface area is 166 Å². The van der Waals surface area contributed by atoms with Crippen LogP contribution in [0.25, 0.3) is 0 Å². The maximum atomic E-state index is 13.0. The molecule has 2 fully saturated rings. The normalized spacial score (nSPS) is 21.9. The van der Waals surface area contributed by atoms with Gasteiger partial charge in [-0.1, -0.05) is 0 Å². The number of imide groups is 1. The quantitative estimate of drug-likeness (QED) is 0.713. The van der Waals surface area contributed by atoms with E-state index in [1.165, 1.54) is 11.2 Å². The van der Waals surface area contributed by atoms with Gasteiger partial charge in [0.2, 0.25) is 12.7 Å². The van der Waals surface area contributed by atoms with Crippen molar-refractivity contribution < 1.29 is 33.2 Å². The SMILES string of the molecule is O=C(c1ccco1)N1CC[NH+]([C@@H]2CC(=O)N(c3ccc4c(c3)OCO4)C2=O)CC1. The molecular formula is C20H20N3O6+. The lowest BCUT2D eigenvalue weighted by Crippen LogP contribution is -3.19. The number of fused-ring (bicyclic) bond motifs is 1. The zero-order chi connectivity index (χ0) is 20.0. The topological polar surface area (TPSA) is 93.7 Å². The van der Waals surface area contributed by atoms with Gasteiger partial charge in [0.1, 0.15) is 0 Å². The summed E-state index contributed by atoms with van der Waals surface area (Å²) in [7, 11) is 0. The molecule has 1 N–H and O–H groups in total. The molecular weight excluding hydrogens is 378 g/mol. The summed E-state index contributed by atoms with van der Waals surface area (Å²) in [6, 6.07) is 7.95. The largest absolute Gasteiger partial charge is 0.459 e. The van der Waals surface area contributed by atoms with E-state index >= 15 is 0 Å². The molecule has 2 aromatic rings. The van der Waals surface area contributed by atoms with Crippen LogP contribution in [0.4, 0.5) is 5.69 Å². The minimum absolute atomic E-state index is 0.133. The maximum absolute atomic E-state index is 13.0. The summed E-state index contributed by atoms with van der Waals surface area (Å²) in [6.07, 6.45) is 1.64. The number of ether oxygens (including phenoxy) is 2. The van der Waals surface area contributed by atoms with Crippen LogP contribution in [0.1, 0.15) is 17.0 Å². The number of nitrogens with zero attached hydrogens (tertiary/aromatic N) is 2. The minimum Gasteiger partial charge on any atom is -0.459 e. The summed E-state index contributed by atoms with van der Waals surface area (Å²) in [5.41, 5.74) is 0.498. The summed E-state index contributed by atoms with van der Waals surface area (Å²) in [5, 5.41) is 0. The first-order chi connectivity index (χ1) is 14.1. The van der Waals surface area contributed by atoms with Crippen LogP contribution in [0.15, 0.2) is 41.0 Å². The highest BCUT2D eigenvalue weighted by Crippen LogP contribution is 2.36. The zero-order valence-corrected chi connectivity index (χ0v) is 15.6. The van der Waals surface area contributed by atoms with Crippen molar-refractivity contribution in [2.75, 3.05) is 37.9 Å². The number of hydrogen-bond donors (Lipinski definition) is 1. The van der Waals surface area contributed by atoms with Crippen molar-refractivity contribution in [3.8, 4) is 11.5 Å². The van der Waals surface area contributed by atoms with Crippen molar-refractivity contribution in [2.24, 2.45) is 0 Å². The Morgan fingerprint density at radius 1 is 1.07 bits per heavy atom. The predicted molar refractivity (Wildman–Crippen MR) is 98.8 cm³/mol. The minimum atomic E-state index is -0.436. The van der Waals surface area contributed by atoms with E-state index in [1.807, 2.05) is 0 Å². The average molecular weight is 398 g/mol. The van der Waals surface area contributed by atoms with E-state index in [-0.39, 0.29) is 30.9 Å². The summed E-state index contributed by atoms with van der Waals surface area (Å²) >= 11 is 0. The van der Waals surface area contributed by atoms with Crippen molar-refractivity contribution in [2.45, 2.75) is 12.5 Å². The van der Waals surface area contributed by atoms with E-state index in [4.69, 9.17) is 13.9 Å². The van der Waals surface area contributed by atoms with E-state index in [2.05, 4.69) is 0 Å². The fourth-order valence-electron chi connectivity index (χ4n) is 4.15. The third kappa shape index (κ3) is 3.03. The molecule has 5 rings (SSSR count). The molecule has 0 unspecified atom stereocenters. The van der Waals surface area contributed by atoms with E-state index in [0.717, 1.165) is 4.90 Å². The monoisotopic (exact) mass is 398 g/mol. The van der Waals surface area contributed by atoms with Crippen LogP contribution in [0.5, 0.6) is 11.5 Å². The molecule has 1 aromatic heterocycles. The second-order valence-corrected chi connectivity index (χ2v) is 7.29. The summed E-state index contributed by atoms with van der Waals surface area (Å²) < 4.78 is 15.8. The second-order valence-electron chi connectivity index (χ2n) is 7.29. The molecule has 0 bridgehead atoms. The van der Waals surface area contributed by atoms with Gasteiger partial charge in [-0.2, -0.15) is 0 Å². The Kier molecular flexibility index (Phi) is 4.24. The van der Waals surface area contributed by atoms with Gasteiger partial charge < -0.3 is 23.7 Å². The molecule has 4 heterocycles. The molecule has 3 aliphatic rings. The van der Waals surface area contributed by atoms with Gasteiger partial charge in [-0.05, 0) is 24.3 Å². The van der Waals surface area contributed by atoms with Crippen LogP contribution >= 0.6 is 0 Å². The van der Waals surface area contributed by atoms with Crippen molar-refractivity contribution in [3.05, 3.63) is 42.4 Å². The lowest BCUT2D eigenvalue weighted by Gasteiger charge is -2.34. The first-order valence-electron chi connectivity index (χ1n) is 9.55. The third-order valence-corrected chi connectivity index (χ3v) is 5.68. The summed E-state index contributed by atoms with van der Waals surface area (Å²) in [5.74, 6) is 0.867. The number of carbonyl (C=O) groups is 3. The molecule has 0 saturated carbocycles. The molecule has 1 atom stereocenters. The van der Waals surface area contributed by atoms with Crippen LogP contribution < -0.4 is 19.3 Å². The second kappa shape index (κ2) is 6.93. The number of carbonyl (C=O) groups excluding carboxylic acids is 3. The van der Waals surface area contributed by atoms with Gasteiger partial charge >= 0.3 is 0 Å². The summed E-state index contributed by atoms with van der Waals surface area (Å²) in [4.78, 5) is 42.0. The van der Waals surface area contributed by atoms with Crippen LogP contribution in [-0.4, -0.2) is 61.6 Å². The van der Waals surface area contributed by atoms with Gasteiger partial charge in [-0.25, -0.2) is 4.90 Å². The molecule has 150 valence electrons. The van der Waals surface area contributed by atoms with Gasteiger partial charge in [0.15, 0.2) is 23.3 Å². The molecule has 3 amide bonds. The van der Waals surface area contributed by atoms with Gasteiger partial charge in [0.05, 0.1) is 44.6 Å². The Hall–Kier alpha value is -3.33. The molecule has 1 aromatic carbocycles. The lowest BCUT2D eigenvalue weighted by molar-refractivity contribution is -0.918. The Morgan fingerprint density at radius 2 is 1.86 bits per heavy atom. The van der Waals surface area contributed by atoms with Gasteiger partial charge in [0.25, 0.3) is 11.8 Å². The Balaban J connectivity index is 1.26. The first-order valence-corrected chi connectivity index (χ1v) is 9.55. The first kappa shape index (κ1) is 17.7. The molecule has 0 radical (unpaired) electrons. The smallest absolute Gasteiger partial charge is 0.292 e. The highest BCUT2D eigenvalue weighted by Gasteiger charge is 2.47. The molecule has 2 saturated heterocycles. The lowest BCUT2D eigenvalue weighted by atomic mass is 10.1. The van der Waals surface area contributed by atoms with Crippen LogP contribution in [0.3, 0.4) is 0 Å². The van der Waals surface area contributed by atoms with Crippen molar-refractivity contribution >= 4 is 23.4 Å².